The van der Waals surface area contributed by atoms with Gasteiger partial charge in [-0.1, -0.05) is 81.4 Å². The number of carbonyl (C=O) groups excluding carboxylic acids is 5. The van der Waals surface area contributed by atoms with Crippen molar-refractivity contribution in [1.82, 2.24) is 25.5 Å². The van der Waals surface area contributed by atoms with Crippen molar-refractivity contribution in [2.75, 3.05) is 65.4 Å². The minimum absolute atomic E-state index is 0.0128. The fourth-order valence-electron chi connectivity index (χ4n) is 5.96. The molecule has 0 spiro atoms. The Bertz CT molecular complexity index is 1540. The third kappa shape index (κ3) is 19.9. The lowest BCUT2D eigenvalue weighted by Gasteiger charge is -2.35. The van der Waals surface area contributed by atoms with E-state index in [2.05, 4.69) is 15.5 Å². The number of ether oxygens (including phenoxy) is 4. The summed E-state index contributed by atoms with van der Waals surface area (Å²) in [5, 5.41) is 8.02. The van der Waals surface area contributed by atoms with E-state index in [9.17, 15) is 24.0 Å². The number of hydrogen-bond donors (Lipinski definition) is 2. The van der Waals surface area contributed by atoms with Crippen LogP contribution < -0.4 is 10.6 Å². The van der Waals surface area contributed by atoms with Crippen LogP contribution in [0.2, 0.25) is 0 Å². The second kappa shape index (κ2) is 23.4. The van der Waals surface area contributed by atoms with E-state index in [0.717, 1.165) is 11.1 Å². The lowest BCUT2D eigenvalue weighted by atomic mass is 9.93. The molecule has 15 heteroatoms. The van der Waals surface area contributed by atoms with E-state index in [1.807, 2.05) is 81.4 Å². The van der Waals surface area contributed by atoms with Gasteiger partial charge in [0.05, 0.1) is 6.42 Å². The minimum atomic E-state index is -1.41. The first kappa shape index (κ1) is 49.0. The third-order valence-corrected chi connectivity index (χ3v) is 8.71. The van der Waals surface area contributed by atoms with E-state index in [-0.39, 0.29) is 57.2 Å². The molecule has 3 rings (SSSR count). The number of nitrogens with zero attached hydrogens (tertiary/aromatic N) is 3. The first-order valence-corrected chi connectivity index (χ1v) is 20.4. The SMILES string of the molecule is CC(C)(C)CC(=O)ON1CCNCCN(CCNC(C(=O)OCc2ccccc2)C(=O)OCc2ccccc2)CCN(C(C(=O)OC(C)(C)C)C(=O)OC(C)(C)C)CC1. The summed E-state index contributed by atoms with van der Waals surface area (Å²) in [5.74, 6) is -3.42. The average Bonchev–Trinajstić information content (AvgIpc) is 3.12. The maximum atomic E-state index is 13.8. The highest BCUT2D eigenvalue weighted by atomic mass is 16.7. The van der Waals surface area contributed by atoms with Crippen molar-refractivity contribution in [3.05, 3.63) is 71.8 Å². The van der Waals surface area contributed by atoms with Gasteiger partial charge < -0.3 is 29.1 Å². The maximum absolute atomic E-state index is 13.8. The van der Waals surface area contributed by atoms with Crippen LogP contribution >= 0.6 is 0 Å². The average molecular weight is 826 g/mol. The summed E-state index contributed by atoms with van der Waals surface area (Å²) in [6.07, 6.45) is 0.207. The first-order valence-electron chi connectivity index (χ1n) is 20.4. The number of esters is 4. The molecule has 0 aliphatic carbocycles. The van der Waals surface area contributed by atoms with Crippen molar-refractivity contribution in [2.24, 2.45) is 5.41 Å². The topological polar surface area (TPSA) is 165 Å². The highest BCUT2D eigenvalue weighted by Gasteiger charge is 2.40. The van der Waals surface area contributed by atoms with Crippen LogP contribution in [0.15, 0.2) is 60.7 Å². The van der Waals surface area contributed by atoms with Crippen LogP contribution in [0, 0.1) is 5.41 Å². The molecule has 1 saturated heterocycles. The van der Waals surface area contributed by atoms with Gasteiger partial charge in [-0.2, -0.15) is 0 Å². The van der Waals surface area contributed by atoms with Crippen molar-refractivity contribution in [3.8, 4) is 0 Å². The molecule has 328 valence electrons. The van der Waals surface area contributed by atoms with E-state index in [4.69, 9.17) is 23.8 Å². The predicted molar refractivity (Wildman–Crippen MR) is 222 cm³/mol. The summed E-state index contributed by atoms with van der Waals surface area (Å²) in [7, 11) is 0. The van der Waals surface area contributed by atoms with Crippen molar-refractivity contribution < 1.29 is 47.8 Å². The number of carbonyl (C=O) groups is 5. The zero-order valence-corrected chi connectivity index (χ0v) is 36.5. The summed E-state index contributed by atoms with van der Waals surface area (Å²) < 4.78 is 22.6. The van der Waals surface area contributed by atoms with Crippen LogP contribution in [0.1, 0.15) is 79.9 Å². The largest absolute Gasteiger partial charge is 0.459 e. The predicted octanol–water partition coefficient (Wildman–Crippen LogP) is 3.89. The molecule has 0 unspecified atom stereocenters. The molecule has 0 radical (unpaired) electrons. The molecule has 0 atom stereocenters. The van der Waals surface area contributed by atoms with Crippen LogP contribution in [0.5, 0.6) is 0 Å². The molecule has 59 heavy (non-hydrogen) atoms. The second-order valence-electron chi connectivity index (χ2n) is 17.8. The molecule has 15 nitrogen and oxygen atoms in total. The highest BCUT2D eigenvalue weighted by molar-refractivity contribution is 6.00. The Morgan fingerprint density at radius 3 is 1.63 bits per heavy atom. The Morgan fingerprint density at radius 2 is 1.14 bits per heavy atom. The number of hydrogen-bond acceptors (Lipinski definition) is 15. The molecular weight excluding hydrogens is 759 g/mol. The third-order valence-electron chi connectivity index (χ3n) is 8.71. The van der Waals surface area contributed by atoms with E-state index in [1.165, 1.54) is 0 Å². The Morgan fingerprint density at radius 1 is 0.644 bits per heavy atom. The summed E-state index contributed by atoms with van der Waals surface area (Å²) in [4.78, 5) is 76.9. The molecule has 0 aromatic heterocycles. The Balaban J connectivity index is 1.83. The molecule has 0 bridgehead atoms. The maximum Gasteiger partial charge on any atom is 0.335 e. The summed E-state index contributed by atoms with van der Waals surface area (Å²) in [6, 6.07) is 15.6. The lowest BCUT2D eigenvalue weighted by molar-refractivity contribution is -0.195. The molecule has 2 N–H and O–H groups in total. The van der Waals surface area contributed by atoms with E-state index in [0.29, 0.717) is 39.3 Å². The second-order valence-corrected chi connectivity index (χ2v) is 17.8. The smallest absolute Gasteiger partial charge is 0.335 e. The number of nitrogens with one attached hydrogen (secondary N) is 2. The normalized spacial score (nSPS) is 15.8. The van der Waals surface area contributed by atoms with Gasteiger partial charge in [0.25, 0.3) is 0 Å². The quantitative estimate of drug-likeness (QED) is 0.151. The Labute approximate surface area is 350 Å². The molecule has 0 amide bonds. The highest BCUT2D eigenvalue weighted by Crippen LogP contribution is 2.20. The molecule has 2 aromatic carbocycles. The van der Waals surface area contributed by atoms with Gasteiger partial charge in [0.1, 0.15) is 24.4 Å². The fraction of sp³-hybridized carbons (Fsp3) is 0.614. The van der Waals surface area contributed by atoms with Gasteiger partial charge in [0.2, 0.25) is 12.1 Å². The Hall–Kier alpha value is -4.41. The number of rotatable bonds is 15. The lowest BCUT2D eigenvalue weighted by Crippen LogP contribution is -2.56. The fourth-order valence-corrected chi connectivity index (χ4v) is 5.96. The van der Waals surface area contributed by atoms with Gasteiger partial charge in [-0.15, -0.1) is 5.06 Å². The zero-order chi connectivity index (χ0) is 43.6. The van der Waals surface area contributed by atoms with Gasteiger partial charge in [-0.3, -0.25) is 19.9 Å². The van der Waals surface area contributed by atoms with Crippen LogP contribution in [-0.2, 0) is 61.0 Å². The zero-order valence-electron chi connectivity index (χ0n) is 36.5. The molecule has 1 aliphatic rings. The first-order chi connectivity index (χ1) is 27.7. The van der Waals surface area contributed by atoms with Gasteiger partial charge in [-0.25, -0.2) is 19.2 Å². The standard InChI is InChI=1S/C44H67N5O10/c1-42(2,3)30-35(50)59-49-25-21-45-20-23-47(26-27-48(28-29-49)37(40(53)57-43(4,5)6)41(54)58-44(7,8)9)24-22-46-36(38(51)55-31-33-16-12-10-13-17-33)39(52)56-32-34-18-14-11-15-19-34/h10-19,36-37,45-46H,20-32H2,1-9H3. The van der Waals surface area contributed by atoms with Crippen LogP contribution in [0.4, 0.5) is 0 Å². The molecule has 1 aliphatic heterocycles. The van der Waals surface area contributed by atoms with E-state index < -0.39 is 47.2 Å². The summed E-state index contributed by atoms with van der Waals surface area (Å²) >= 11 is 0. The van der Waals surface area contributed by atoms with Crippen LogP contribution in [0.3, 0.4) is 0 Å². The Kier molecular flexibility index (Phi) is 19.4. The van der Waals surface area contributed by atoms with E-state index >= 15 is 0 Å². The van der Waals surface area contributed by atoms with Gasteiger partial charge in [0.15, 0.2) is 0 Å². The van der Waals surface area contributed by atoms with Crippen molar-refractivity contribution in [1.29, 1.82) is 0 Å². The van der Waals surface area contributed by atoms with E-state index in [1.54, 1.807) is 51.5 Å². The summed E-state index contributed by atoms with van der Waals surface area (Å²) in [6.45, 7) is 19.7. The monoisotopic (exact) mass is 825 g/mol. The van der Waals surface area contributed by atoms with Crippen molar-refractivity contribution >= 4 is 29.8 Å². The van der Waals surface area contributed by atoms with Crippen molar-refractivity contribution in [2.45, 2.75) is 105 Å². The molecule has 2 aromatic rings. The molecule has 0 saturated carbocycles. The van der Waals surface area contributed by atoms with Gasteiger partial charge in [-0.05, 0) is 58.1 Å². The number of hydroxylamine groups is 2. The molecular formula is C44H67N5O10. The minimum Gasteiger partial charge on any atom is -0.459 e. The van der Waals surface area contributed by atoms with Gasteiger partial charge in [0, 0.05) is 65.4 Å². The molecule has 1 fully saturated rings. The van der Waals surface area contributed by atoms with Crippen molar-refractivity contribution in [3.63, 3.8) is 0 Å². The van der Waals surface area contributed by atoms with Crippen LogP contribution in [-0.4, -0.2) is 133 Å². The van der Waals surface area contributed by atoms with Gasteiger partial charge >= 0.3 is 29.8 Å². The summed E-state index contributed by atoms with van der Waals surface area (Å²) in [5.41, 5.74) is -0.506. The van der Waals surface area contributed by atoms with Crippen LogP contribution in [0.25, 0.3) is 0 Å². The number of benzene rings is 2. The molecule has 1 heterocycles.